The van der Waals surface area contributed by atoms with E-state index < -0.39 is 11.7 Å². The molecule has 1 amide bonds. The molecule has 1 saturated heterocycles. The van der Waals surface area contributed by atoms with Crippen molar-refractivity contribution in [2.45, 2.75) is 90.3 Å². The fourth-order valence-corrected chi connectivity index (χ4v) is 6.57. The van der Waals surface area contributed by atoms with Crippen LogP contribution in [0.3, 0.4) is 0 Å². The highest BCUT2D eigenvalue weighted by Crippen LogP contribution is 2.34. The van der Waals surface area contributed by atoms with Gasteiger partial charge in [-0.3, -0.25) is 4.79 Å². The summed E-state index contributed by atoms with van der Waals surface area (Å²) in [6, 6.07) is 9.51. The summed E-state index contributed by atoms with van der Waals surface area (Å²) in [6.07, 6.45) is 3.54. The monoisotopic (exact) mass is 620 g/mol. The highest BCUT2D eigenvalue weighted by molar-refractivity contribution is 5.95. The number of benzene rings is 1. The number of nitrogens with one attached hydrogen (secondary N) is 2. The van der Waals surface area contributed by atoms with Gasteiger partial charge < -0.3 is 20.1 Å². The Balaban J connectivity index is 1.11. The smallest absolute Gasteiger partial charge is 0.255 e. The van der Waals surface area contributed by atoms with Gasteiger partial charge in [0.1, 0.15) is 17.3 Å². The lowest BCUT2D eigenvalue weighted by Gasteiger charge is -2.37. The largest absolute Gasteiger partial charge is 0.338 e. The third kappa shape index (κ3) is 6.66. The first-order chi connectivity index (χ1) is 21.5. The number of aryl methyl sites for hydroxylation is 2. The van der Waals surface area contributed by atoms with Crippen molar-refractivity contribution in [3.05, 3.63) is 59.4 Å². The normalized spacial score (nSPS) is 17.7. The lowest BCUT2D eigenvalue weighted by Crippen LogP contribution is -2.49. The lowest BCUT2D eigenvalue weighted by molar-refractivity contribution is -0.0417. The van der Waals surface area contributed by atoms with Crippen LogP contribution in [0.15, 0.2) is 36.5 Å². The number of hydrogen-bond donors (Lipinski definition) is 2. The molecular weight excluding hydrogens is 581 g/mol. The van der Waals surface area contributed by atoms with E-state index in [0.29, 0.717) is 48.6 Å². The van der Waals surface area contributed by atoms with Gasteiger partial charge in [-0.05, 0) is 77.6 Å². The first kappa shape index (κ1) is 30.9. The average molecular weight is 621 g/mol. The number of anilines is 2. The van der Waals surface area contributed by atoms with Crippen LogP contribution in [0.2, 0.25) is 0 Å². The van der Waals surface area contributed by atoms with Crippen LogP contribution >= 0.6 is 0 Å². The van der Waals surface area contributed by atoms with Crippen molar-refractivity contribution in [2.75, 3.05) is 18.4 Å². The van der Waals surface area contributed by atoms with Crippen molar-refractivity contribution >= 4 is 28.7 Å². The minimum absolute atomic E-state index is 0.0604. The number of piperidine rings is 1. The highest BCUT2D eigenvalue weighted by atomic mass is 19.3. The molecule has 2 N–H and O–H groups in total. The van der Waals surface area contributed by atoms with Crippen LogP contribution in [0, 0.1) is 19.7 Å². The summed E-state index contributed by atoms with van der Waals surface area (Å²) in [7, 11) is 0. The minimum atomic E-state index is -2.53. The summed E-state index contributed by atoms with van der Waals surface area (Å²) in [5.41, 5.74) is 3.57. The Labute approximate surface area is 260 Å². The number of amides is 1. The molecule has 45 heavy (non-hydrogen) atoms. The molecule has 0 spiro atoms. The molecule has 1 aromatic carbocycles. The van der Waals surface area contributed by atoms with E-state index in [1.165, 1.54) is 0 Å². The molecule has 238 valence electrons. The molecule has 12 heteroatoms. The fourth-order valence-electron chi connectivity index (χ4n) is 6.57. The van der Waals surface area contributed by atoms with Gasteiger partial charge >= 0.3 is 0 Å². The van der Waals surface area contributed by atoms with Crippen LogP contribution in [-0.4, -0.2) is 66.4 Å². The van der Waals surface area contributed by atoms with Crippen LogP contribution in [0.1, 0.15) is 80.3 Å². The summed E-state index contributed by atoms with van der Waals surface area (Å²) >= 11 is 0. The quantitative estimate of drug-likeness (QED) is 0.236. The second-order valence-corrected chi connectivity index (χ2v) is 12.5. The standard InChI is InChI=1S/C33H39F3N8O/c1-19(2)44-21(4)39-27-7-5-22(17-28(27)44)30-26(34)18-37-32(42-30)41-29-8-6-25(20(3)38-29)31(45)43-15-11-24(12-16-43)40-23-9-13-33(35,36)14-10-23/h5-8,17-19,23-24,40H,9-16H2,1-4H3,(H,37,38,41,42). The molecule has 0 atom stereocenters. The summed E-state index contributed by atoms with van der Waals surface area (Å²) in [5.74, 6) is -1.66. The Morgan fingerprint density at radius 3 is 2.38 bits per heavy atom. The van der Waals surface area contributed by atoms with Gasteiger partial charge in [-0.2, -0.15) is 0 Å². The number of alkyl halides is 2. The van der Waals surface area contributed by atoms with Gasteiger partial charge in [0.15, 0.2) is 5.82 Å². The van der Waals surface area contributed by atoms with Crippen LogP contribution in [-0.2, 0) is 0 Å². The topological polar surface area (TPSA) is 101 Å². The van der Waals surface area contributed by atoms with E-state index in [2.05, 4.69) is 49.0 Å². The molecule has 3 aromatic heterocycles. The molecule has 1 aliphatic heterocycles. The number of nitrogens with zero attached hydrogens (tertiary/aromatic N) is 6. The number of imidazole rings is 1. The molecule has 1 aliphatic carbocycles. The molecule has 2 aliphatic rings. The lowest BCUT2D eigenvalue weighted by atomic mass is 9.91. The Hall–Kier alpha value is -4.06. The number of fused-ring (bicyclic) bond motifs is 1. The van der Waals surface area contributed by atoms with Gasteiger partial charge in [-0.25, -0.2) is 33.1 Å². The Kier molecular flexibility index (Phi) is 8.51. The van der Waals surface area contributed by atoms with Gasteiger partial charge in [-0.1, -0.05) is 6.07 Å². The van der Waals surface area contributed by atoms with Gasteiger partial charge in [0.05, 0.1) is 28.5 Å². The zero-order valence-electron chi connectivity index (χ0n) is 26.1. The van der Waals surface area contributed by atoms with Crippen molar-refractivity contribution < 1.29 is 18.0 Å². The second-order valence-electron chi connectivity index (χ2n) is 12.5. The number of carbonyl (C=O) groups excluding carboxylic acids is 1. The number of pyridine rings is 1. The summed E-state index contributed by atoms with van der Waals surface area (Å²) in [6.45, 7) is 9.07. The van der Waals surface area contributed by atoms with Crippen molar-refractivity contribution in [1.82, 2.24) is 34.7 Å². The van der Waals surface area contributed by atoms with Crippen LogP contribution in [0.4, 0.5) is 24.9 Å². The summed E-state index contributed by atoms with van der Waals surface area (Å²) < 4.78 is 44.0. The van der Waals surface area contributed by atoms with Gasteiger partial charge in [-0.15, -0.1) is 0 Å². The number of aromatic nitrogens is 5. The van der Waals surface area contributed by atoms with E-state index in [1.807, 2.05) is 24.0 Å². The average Bonchev–Trinajstić information content (AvgIpc) is 3.34. The van der Waals surface area contributed by atoms with Gasteiger partial charge in [0.2, 0.25) is 11.9 Å². The second kappa shape index (κ2) is 12.4. The van der Waals surface area contributed by atoms with Crippen LogP contribution < -0.4 is 10.6 Å². The molecule has 0 bridgehead atoms. The van der Waals surface area contributed by atoms with E-state index in [4.69, 9.17) is 0 Å². The zero-order chi connectivity index (χ0) is 31.9. The summed E-state index contributed by atoms with van der Waals surface area (Å²) in [4.78, 5) is 32.9. The molecule has 6 rings (SSSR count). The Morgan fingerprint density at radius 2 is 1.69 bits per heavy atom. The molecule has 4 heterocycles. The maximum atomic E-state index is 14.9. The number of carbonyl (C=O) groups is 1. The van der Waals surface area contributed by atoms with E-state index >= 15 is 0 Å². The maximum absolute atomic E-state index is 14.9. The molecule has 0 radical (unpaired) electrons. The highest BCUT2D eigenvalue weighted by Gasteiger charge is 2.36. The summed E-state index contributed by atoms with van der Waals surface area (Å²) in [5, 5.41) is 6.59. The Morgan fingerprint density at radius 1 is 0.978 bits per heavy atom. The van der Waals surface area contributed by atoms with Crippen LogP contribution in [0.25, 0.3) is 22.3 Å². The van der Waals surface area contributed by atoms with Crippen LogP contribution in [0.5, 0.6) is 0 Å². The molecule has 9 nitrogen and oxygen atoms in total. The number of halogens is 3. The van der Waals surface area contributed by atoms with E-state index in [-0.39, 0.29) is 48.5 Å². The minimum Gasteiger partial charge on any atom is -0.338 e. The zero-order valence-corrected chi connectivity index (χ0v) is 26.1. The molecule has 2 fully saturated rings. The van der Waals surface area contributed by atoms with Crippen molar-refractivity contribution in [3.63, 3.8) is 0 Å². The first-order valence-electron chi connectivity index (χ1n) is 15.7. The third-order valence-electron chi connectivity index (χ3n) is 8.93. The Bertz CT molecular complexity index is 1700. The van der Waals surface area contributed by atoms with Gasteiger partial charge in [0, 0.05) is 49.6 Å². The van der Waals surface area contributed by atoms with E-state index in [1.54, 1.807) is 25.1 Å². The third-order valence-corrected chi connectivity index (χ3v) is 8.93. The SMILES string of the molecule is Cc1nc(Nc2ncc(F)c(-c3ccc4nc(C)n(C(C)C)c4c3)n2)ccc1C(=O)N1CCC(NC2CCC(F)(F)CC2)CC1. The van der Waals surface area contributed by atoms with Crippen molar-refractivity contribution in [2.24, 2.45) is 0 Å². The fraction of sp³-hybridized carbons (Fsp3) is 0.485. The van der Waals surface area contributed by atoms with Gasteiger partial charge in [0.25, 0.3) is 5.91 Å². The predicted octanol–water partition coefficient (Wildman–Crippen LogP) is 6.74. The van der Waals surface area contributed by atoms with Crippen molar-refractivity contribution in [3.8, 4) is 11.3 Å². The first-order valence-corrected chi connectivity index (χ1v) is 15.7. The number of hydrogen-bond acceptors (Lipinski definition) is 7. The molecule has 0 unspecified atom stereocenters. The van der Waals surface area contributed by atoms with E-state index in [0.717, 1.165) is 35.9 Å². The van der Waals surface area contributed by atoms with E-state index in [9.17, 15) is 18.0 Å². The van der Waals surface area contributed by atoms with Crippen molar-refractivity contribution in [1.29, 1.82) is 0 Å². The predicted molar refractivity (Wildman–Crippen MR) is 167 cm³/mol. The molecular formula is C33H39F3N8O. The number of likely N-dealkylation sites (tertiary alicyclic amines) is 1. The maximum Gasteiger partial charge on any atom is 0.255 e. The molecule has 4 aromatic rings. The molecule has 1 saturated carbocycles. The number of rotatable bonds is 7.